The maximum absolute atomic E-state index is 12.6. The number of sulfonamides is 1. The van der Waals surface area contributed by atoms with Crippen molar-refractivity contribution >= 4 is 39.4 Å². The number of benzene rings is 1. The number of carbonyl (C=O) groups is 3. The highest BCUT2D eigenvalue weighted by Gasteiger charge is 2.24. The van der Waals surface area contributed by atoms with E-state index in [-0.39, 0.29) is 34.3 Å². The van der Waals surface area contributed by atoms with Crippen LogP contribution in [0.15, 0.2) is 41.4 Å². The van der Waals surface area contributed by atoms with E-state index in [1.54, 1.807) is 33.2 Å². The maximum atomic E-state index is 12.6. The molecule has 0 saturated carbocycles. The van der Waals surface area contributed by atoms with Gasteiger partial charge in [0, 0.05) is 26.3 Å². The van der Waals surface area contributed by atoms with Gasteiger partial charge in [0.2, 0.25) is 10.0 Å². The first-order valence-corrected chi connectivity index (χ1v) is 10.9. The van der Waals surface area contributed by atoms with Gasteiger partial charge in [-0.05, 0) is 30.3 Å². The fourth-order valence-corrected chi connectivity index (χ4v) is 4.35. The van der Waals surface area contributed by atoms with E-state index in [4.69, 9.17) is 16.3 Å². The molecule has 11 heteroatoms. The molecule has 2 aromatic rings. The monoisotopic (exact) mass is 455 g/mol. The number of hydrogen-bond acceptors (Lipinski definition) is 6. The molecule has 1 heterocycles. The first-order valence-electron chi connectivity index (χ1n) is 9.04. The molecule has 2 rings (SSSR count). The predicted molar refractivity (Wildman–Crippen MR) is 110 cm³/mol. The van der Waals surface area contributed by atoms with Crippen molar-refractivity contribution in [1.29, 1.82) is 0 Å². The summed E-state index contributed by atoms with van der Waals surface area (Å²) in [6, 6.07) is 6.83. The fourth-order valence-electron chi connectivity index (χ4n) is 2.67. The van der Waals surface area contributed by atoms with Crippen LogP contribution in [0.5, 0.6) is 0 Å². The second-order valence-corrected chi connectivity index (χ2v) is 8.53. The van der Waals surface area contributed by atoms with Crippen molar-refractivity contribution in [2.24, 2.45) is 7.05 Å². The number of ether oxygens (including phenoxy) is 1. The van der Waals surface area contributed by atoms with Crippen molar-refractivity contribution in [1.82, 2.24) is 14.2 Å². The molecule has 0 bridgehead atoms. The molecule has 0 spiro atoms. The van der Waals surface area contributed by atoms with E-state index in [9.17, 15) is 22.8 Å². The number of aromatic nitrogens is 1. The molecule has 1 aromatic heterocycles. The zero-order valence-corrected chi connectivity index (χ0v) is 18.3. The van der Waals surface area contributed by atoms with Gasteiger partial charge in [0.1, 0.15) is 5.69 Å². The minimum Gasteiger partial charge on any atom is -0.452 e. The van der Waals surface area contributed by atoms with Crippen LogP contribution in [0, 0.1) is 0 Å². The molecular weight excluding hydrogens is 434 g/mol. The lowest BCUT2D eigenvalue weighted by Crippen LogP contribution is -2.35. The summed E-state index contributed by atoms with van der Waals surface area (Å²) in [6.45, 7) is 3.18. The third kappa shape index (κ3) is 5.26. The van der Waals surface area contributed by atoms with Crippen molar-refractivity contribution in [3.8, 4) is 0 Å². The Kier molecular flexibility index (Phi) is 7.77. The molecule has 1 aromatic carbocycles. The van der Waals surface area contributed by atoms with Gasteiger partial charge in [-0.1, -0.05) is 25.4 Å². The van der Waals surface area contributed by atoms with Crippen molar-refractivity contribution in [2.75, 3.05) is 19.7 Å². The van der Waals surface area contributed by atoms with Gasteiger partial charge >= 0.3 is 5.97 Å². The number of aryl methyl sites for hydroxylation is 1. The van der Waals surface area contributed by atoms with Gasteiger partial charge in [0.15, 0.2) is 6.61 Å². The highest BCUT2D eigenvalue weighted by Crippen LogP contribution is 2.23. The minimum atomic E-state index is -3.81. The number of carbonyl (C=O) groups excluding carboxylic acids is 3. The second kappa shape index (κ2) is 9.88. The van der Waals surface area contributed by atoms with Gasteiger partial charge in [0.05, 0.1) is 15.5 Å². The Bertz CT molecular complexity index is 1060. The molecule has 0 saturated heterocycles. The van der Waals surface area contributed by atoms with Gasteiger partial charge in [0.25, 0.3) is 11.8 Å². The number of hydrogen-bond donors (Lipinski definition) is 1. The van der Waals surface area contributed by atoms with Gasteiger partial charge in [-0.2, -0.15) is 4.31 Å². The minimum absolute atomic E-state index is 0.0289. The van der Waals surface area contributed by atoms with Crippen LogP contribution in [0.3, 0.4) is 0 Å². The summed E-state index contributed by atoms with van der Waals surface area (Å²) in [4.78, 5) is 36.1. The maximum Gasteiger partial charge on any atom is 0.340 e. The number of halogens is 1. The quantitative estimate of drug-likeness (QED) is 0.607. The fraction of sp³-hybridized carbons (Fsp3) is 0.316. The lowest BCUT2D eigenvalue weighted by atomic mass is 10.2. The van der Waals surface area contributed by atoms with Crippen LogP contribution in [-0.4, -0.2) is 54.8 Å². The number of esters is 1. The molecule has 0 aliphatic rings. The average Bonchev–Trinajstić information content (AvgIpc) is 3.13. The first-order chi connectivity index (χ1) is 14.1. The van der Waals surface area contributed by atoms with Crippen LogP contribution in [0.4, 0.5) is 0 Å². The zero-order chi connectivity index (χ0) is 22.5. The summed E-state index contributed by atoms with van der Waals surface area (Å²) >= 11 is 6.01. The Hall–Kier alpha value is -2.69. The molecule has 0 fully saturated rings. The summed E-state index contributed by atoms with van der Waals surface area (Å²) in [5, 5.41) is 2.07. The predicted octanol–water partition coefficient (Wildman–Crippen LogP) is 1.82. The van der Waals surface area contributed by atoms with Gasteiger partial charge in [-0.3, -0.25) is 14.9 Å². The first kappa shape index (κ1) is 23.6. The van der Waals surface area contributed by atoms with Crippen LogP contribution in [0.25, 0.3) is 0 Å². The van der Waals surface area contributed by atoms with E-state index in [2.05, 4.69) is 5.32 Å². The highest BCUT2D eigenvalue weighted by atomic mass is 35.5. The Balaban J connectivity index is 2.09. The number of amides is 2. The van der Waals surface area contributed by atoms with E-state index >= 15 is 0 Å². The number of nitrogens with zero attached hydrogens (tertiary/aromatic N) is 2. The molecule has 9 nitrogen and oxygen atoms in total. The summed E-state index contributed by atoms with van der Waals surface area (Å²) in [5.74, 6) is -2.47. The third-order valence-electron chi connectivity index (χ3n) is 4.26. The van der Waals surface area contributed by atoms with Crippen molar-refractivity contribution in [3.63, 3.8) is 0 Å². The Morgan fingerprint density at radius 2 is 1.83 bits per heavy atom. The van der Waals surface area contributed by atoms with Crippen molar-refractivity contribution in [2.45, 2.75) is 18.7 Å². The second-order valence-electron chi connectivity index (χ2n) is 6.19. The molecule has 0 aliphatic carbocycles. The lowest BCUT2D eigenvalue weighted by molar-refractivity contribution is -0.123. The Labute approximate surface area is 179 Å². The Morgan fingerprint density at radius 1 is 1.17 bits per heavy atom. The molecule has 0 unspecified atom stereocenters. The number of nitrogens with one attached hydrogen (secondary N) is 1. The van der Waals surface area contributed by atoms with E-state index in [1.165, 1.54) is 27.1 Å². The Morgan fingerprint density at radius 3 is 2.40 bits per heavy atom. The number of rotatable bonds is 8. The number of imide groups is 1. The van der Waals surface area contributed by atoms with Crippen LogP contribution in [0.2, 0.25) is 5.02 Å². The van der Waals surface area contributed by atoms with E-state index in [0.717, 1.165) is 6.07 Å². The highest BCUT2D eigenvalue weighted by molar-refractivity contribution is 7.89. The van der Waals surface area contributed by atoms with Crippen LogP contribution in [-0.2, 0) is 26.6 Å². The molecule has 162 valence electrons. The third-order valence-corrected chi connectivity index (χ3v) is 6.64. The lowest BCUT2D eigenvalue weighted by Gasteiger charge is -2.19. The average molecular weight is 456 g/mol. The van der Waals surface area contributed by atoms with Crippen molar-refractivity contribution < 1.29 is 27.5 Å². The van der Waals surface area contributed by atoms with E-state index in [1.807, 2.05) is 0 Å². The summed E-state index contributed by atoms with van der Waals surface area (Å²) in [6.07, 6.45) is 1.64. The molecule has 1 N–H and O–H groups in total. The SMILES string of the molecule is CCN(CC)S(=O)(=O)c1ccc(Cl)c(C(=O)OCC(=O)NC(=O)c2cccn2C)c1. The van der Waals surface area contributed by atoms with E-state index in [0.29, 0.717) is 0 Å². The standard InChI is InChI=1S/C19H22ClN3O6S/c1-4-23(5-2)30(27,28)13-8-9-15(20)14(11-13)19(26)29-12-17(24)21-18(25)16-7-6-10-22(16)3/h6-11H,4-5,12H2,1-3H3,(H,21,24,25). The topological polar surface area (TPSA) is 115 Å². The molecule has 0 radical (unpaired) electrons. The molecule has 2 amide bonds. The van der Waals surface area contributed by atoms with Gasteiger partial charge < -0.3 is 9.30 Å². The summed E-state index contributed by atoms with van der Waals surface area (Å²) < 4.78 is 32.9. The molecular formula is C19H22ClN3O6S. The van der Waals surface area contributed by atoms with Crippen LogP contribution < -0.4 is 5.32 Å². The van der Waals surface area contributed by atoms with E-state index < -0.39 is 34.4 Å². The molecule has 0 atom stereocenters. The molecule has 0 aliphatic heterocycles. The van der Waals surface area contributed by atoms with Gasteiger partial charge in [-0.15, -0.1) is 0 Å². The van der Waals surface area contributed by atoms with Crippen LogP contribution >= 0.6 is 11.6 Å². The normalized spacial score (nSPS) is 11.4. The molecule has 30 heavy (non-hydrogen) atoms. The zero-order valence-electron chi connectivity index (χ0n) is 16.7. The largest absolute Gasteiger partial charge is 0.452 e. The van der Waals surface area contributed by atoms with Gasteiger partial charge in [-0.25, -0.2) is 13.2 Å². The summed E-state index contributed by atoms with van der Waals surface area (Å²) in [5.41, 5.74) is 0.0542. The van der Waals surface area contributed by atoms with Crippen LogP contribution in [0.1, 0.15) is 34.7 Å². The smallest absolute Gasteiger partial charge is 0.340 e. The van der Waals surface area contributed by atoms with Crippen molar-refractivity contribution in [3.05, 3.63) is 52.8 Å². The summed E-state index contributed by atoms with van der Waals surface area (Å²) in [7, 11) is -2.17.